The molecule has 2 aromatic carbocycles. The molecule has 0 unspecified atom stereocenters. The second kappa shape index (κ2) is 8.85. The van der Waals surface area contributed by atoms with Gasteiger partial charge in [0.05, 0.1) is 22.1 Å². The van der Waals surface area contributed by atoms with Crippen LogP contribution in [-0.4, -0.2) is 11.5 Å². The molecule has 0 atom stereocenters. The summed E-state index contributed by atoms with van der Waals surface area (Å²) in [6.45, 7) is 0.717. The number of aromatic nitrogens is 1. The van der Waals surface area contributed by atoms with Gasteiger partial charge in [0, 0.05) is 18.3 Å². The van der Waals surface area contributed by atoms with Gasteiger partial charge in [-0.1, -0.05) is 60.7 Å². The first-order chi connectivity index (χ1) is 12.3. The van der Waals surface area contributed by atoms with Gasteiger partial charge in [-0.05, 0) is 23.8 Å². The van der Waals surface area contributed by atoms with E-state index in [0.717, 1.165) is 35.0 Å². The Balaban J connectivity index is 1.48. The fourth-order valence-electron chi connectivity index (χ4n) is 2.36. The number of rotatable bonds is 7. The number of para-hydroxylation sites is 2. The summed E-state index contributed by atoms with van der Waals surface area (Å²) >= 11 is 1.69. The standard InChI is InChI=1S/C21H21N3S/c22-19-12-4-5-13-20(19)23-15-7-11-18-16-25-21(24-18)14-6-10-17-8-2-1-3-9-17/h1-13,16,23H,14-15,22H2/b10-6+,11-7+. The Morgan fingerprint density at radius 3 is 2.60 bits per heavy atom. The van der Waals surface area contributed by atoms with Crippen LogP contribution in [0, 0.1) is 0 Å². The number of nitrogens with zero attached hydrogens (tertiary/aromatic N) is 1. The van der Waals surface area contributed by atoms with Gasteiger partial charge < -0.3 is 11.1 Å². The highest BCUT2D eigenvalue weighted by Crippen LogP contribution is 2.16. The lowest BCUT2D eigenvalue weighted by Crippen LogP contribution is -2.01. The topological polar surface area (TPSA) is 50.9 Å². The predicted molar refractivity (Wildman–Crippen MR) is 110 cm³/mol. The highest BCUT2D eigenvalue weighted by molar-refractivity contribution is 7.09. The summed E-state index contributed by atoms with van der Waals surface area (Å²) in [4.78, 5) is 4.63. The molecule has 126 valence electrons. The molecule has 0 radical (unpaired) electrons. The lowest BCUT2D eigenvalue weighted by molar-refractivity contribution is 1.18. The maximum absolute atomic E-state index is 5.90. The van der Waals surface area contributed by atoms with Crippen molar-refractivity contribution in [2.75, 3.05) is 17.6 Å². The molecule has 25 heavy (non-hydrogen) atoms. The second-order valence-corrected chi connectivity index (χ2v) is 6.50. The number of hydrogen-bond acceptors (Lipinski definition) is 4. The molecule has 3 N–H and O–H groups in total. The zero-order chi connectivity index (χ0) is 17.3. The molecule has 0 saturated heterocycles. The molecule has 3 rings (SSSR count). The quantitative estimate of drug-likeness (QED) is 0.584. The van der Waals surface area contributed by atoms with Gasteiger partial charge in [0.25, 0.3) is 0 Å². The van der Waals surface area contributed by atoms with Crippen molar-refractivity contribution in [1.29, 1.82) is 0 Å². The summed E-state index contributed by atoms with van der Waals surface area (Å²) in [7, 11) is 0. The van der Waals surface area contributed by atoms with E-state index in [-0.39, 0.29) is 0 Å². The van der Waals surface area contributed by atoms with E-state index in [1.165, 1.54) is 5.56 Å². The number of thiazole rings is 1. The zero-order valence-corrected chi connectivity index (χ0v) is 14.7. The number of allylic oxidation sites excluding steroid dienone is 1. The van der Waals surface area contributed by atoms with E-state index in [4.69, 9.17) is 5.73 Å². The molecule has 0 amide bonds. The van der Waals surface area contributed by atoms with Gasteiger partial charge in [-0.3, -0.25) is 0 Å². The molecule has 0 aliphatic heterocycles. The first-order valence-electron chi connectivity index (χ1n) is 8.22. The van der Waals surface area contributed by atoms with E-state index in [1.807, 2.05) is 48.5 Å². The lowest BCUT2D eigenvalue weighted by Gasteiger charge is -2.05. The number of nitrogens with two attached hydrogens (primary N) is 1. The van der Waals surface area contributed by atoms with Crippen LogP contribution in [0.4, 0.5) is 11.4 Å². The molecule has 1 aromatic heterocycles. The number of hydrogen-bond donors (Lipinski definition) is 2. The third-order valence-electron chi connectivity index (χ3n) is 3.63. The molecule has 3 nitrogen and oxygen atoms in total. The summed E-state index contributed by atoms with van der Waals surface area (Å²) in [6.07, 6.45) is 9.23. The fourth-order valence-corrected chi connectivity index (χ4v) is 3.10. The van der Waals surface area contributed by atoms with Crippen molar-refractivity contribution >= 4 is 34.9 Å². The summed E-state index contributed by atoms with van der Waals surface area (Å²) in [5.41, 5.74) is 9.83. The normalized spacial score (nSPS) is 11.4. The molecule has 0 fully saturated rings. The molecule has 0 bridgehead atoms. The lowest BCUT2D eigenvalue weighted by atomic mass is 10.2. The fraction of sp³-hybridized carbons (Fsp3) is 0.0952. The van der Waals surface area contributed by atoms with E-state index in [1.54, 1.807) is 11.3 Å². The van der Waals surface area contributed by atoms with Gasteiger partial charge in [-0.2, -0.15) is 0 Å². The van der Waals surface area contributed by atoms with Gasteiger partial charge in [-0.25, -0.2) is 4.98 Å². The first-order valence-corrected chi connectivity index (χ1v) is 9.10. The van der Waals surface area contributed by atoms with Crippen molar-refractivity contribution in [2.24, 2.45) is 0 Å². The number of nitrogens with one attached hydrogen (secondary N) is 1. The van der Waals surface area contributed by atoms with Crippen LogP contribution in [0.1, 0.15) is 16.3 Å². The van der Waals surface area contributed by atoms with Crippen molar-refractivity contribution in [1.82, 2.24) is 4.98 Å². The minimum absolute atomic E-state index is 0.717. The maximum Gasteiger partial charge on any atom is 0.0970 e. The van der Waals surface area contributed by atoms with Crippen LogP contribution in [0.5, 0.6) is 0 Å². The molecule has 0 aliphatic carbocycles. The third-order valence-corrected chi connectivity index (χ3v) is 4.52. The Kier molecular flexibility index (Phi) is 6.01. The highest BCUT2D eigenvalue weighted by Gasteiger charge is 1.98. The SMILES string of the molecule is Nc1ccccc1NC/C=C/c1csc(C/C=C/c2ccccc2)n1. The third kappa shape index (κ3) is 5.33. The largest absolute Gasteiger partial charge is 0.397 e. The van der Waals surface area contributed by atoms with Crippen molar-refractivity contribution in [3.8, 4) is 0 Å². The first kappa shape index (κ1) is 17.0. The zero-order valence-electron chi connectivity index (χ0n) is 13.9. The van der Waals surface area contributed by atoms with Crippen LogP contribution in [0.25, 0.3) is 12.2 Å². The van der Waals surface area contributed by atoms with Gasteiger partial charge in [-0.15, -0.1) is 11.3 Å². The van der Waals surface area contributed by atoms with E-state index in [2.05, 4.69) is 46.0 Å². The molecule has 0 saturated carbocycles. The summed E-state index contributed by atoms with van der Waals surface area (Å²) in [5, 5.41) is 6.50. The summed E-state index contributed by atoms with van der Waals surface area (Å²) < 4.78 is 0. The average molecular weight is 347 g/mol. The van der Waals surface area contributed by atoms with E-state index < -0.39 is 0 Å². The van der Waals surface area contributed by atoms with Crippen LogP contribution in [0.2, 0.25) is 0 Å². The van der Waals surface area contributed by atoms with Crippen LogP contribution in [0.15, 0.2) is 72.1 Å². The smallest absolute Gasteiger partial charge is 0.0970 e. The average Bonchev–Trinajstić information content (AvgIpc) is 3.09. The van der Waals surface area contributed by atoms with Crippen molar-refractivity contribution in [3.05, 3.63) is 88.4 Å². The number of benzene rings is 2. The Hall–Kier alpha value is -2.85. The van der Waals surface area contributed by atoms with Gasteiger partial charge >= 0.3 is 0 Å². The minimum atomic E-state index is 0.717. The molecule has 4 heteroatoms. The summed E-state index contributed by atoms with van der Waals surface area (Å²) in [6, 6.07) is 18.1. The molecular weight excluding hydrogens is 326 g/mol. The molecule has 1 heterocycles. The van der Waals surface area contributed by atoms with E-state index in [0.29, 0.717) is 0 Å². The predicted octanol–water partition coefficient (Wildman–Crippen LogP) is 5.11. The monoisotopic (exact) mass is 347 g/mol. The Bertz CT molecular complexity index is 850. The Morgan fingerprint density at radius 1 is 0.960 bits per heavy atom. The van der Waals surface area contributed by atoms with Crippen LogP contribution < -0.4 is 11.1 Å². The van der Waals surface area contributed by atoms with Gasteiger partial charge in [0.15, 0.2) is 0 Å². The number of anilines is 2. The van der Waals surface area contributed by atoms with Crippen LogP contribution in [0.3, 0.4) is 0 Å². The highest BCUT2D eigenvalue weighted by atomic mass is 32.1. The number of nitrogen functional groups attached to an aromatic ring is 1. The summed E-state index contributed by atoms with van der Waals surface area (Å²) in [5.74, 6) is 0. The second-order valence-electron chi connectivity index (χ2n) is 5.55. The van der Waals surface area contributed by atoms with Crippen LogP contribution in [-0.2, 0) is 6.42 Å². The molecule has 0 spiro atoms. The Morgan fingerprint density at radius 2 is 1.76 bits per heavy atom. The van der Waals surface area contributed by atoms with Crippen molar-refractivity contribution < 1.29 is 0 Å². The molecule has 3 aromatic rings. The van der Waals surface area contributed by atoms with Crippen LogP contribution >= 0.6 is 11.3 Å². The maximum atomic E-state index is 5.90. The van der Waals surface area contributed by atoms with Crippen molar-refractivity contribution in [2.45, 2.75) is 6.42 Å². The molecule has 0 aliphatic rings. The van der Waals surface area contributed by atoms with E-state index in [9.17, 15) is 0 Å². The van der Waals surface area contributed by atoms with E-state index >= 15 is 0 Å². The Labute approximate surface area is 152 Å². The van der Waals surface area contributed by atoms with Gasteiger partial charge in [0.1, 0.15) is 0 Å². The van der Waals surface area contributed by atoms with Gasteiger partial charge in [0.2, 0.25) is 0 Å². The van der Waals surface area contributed by atoms with Crippen molar-refractivity contribution in [3.63, 3.8) is 0 Å². The minimum Gasteiger partial charge on any atom is -0.397 e. The molecular formula is C21H21N3S.